The Morgan fingerprint density at radius 1 is 0.955 bits per heavy atom. The van der Waals surface area contributed by atoms with Crippen molar-refractivity contribution in [3.63, 3.8) is 0 Å². The number of aryl methyl sites for hydroxylation is 1. The Morgan fingerprint density at radius 2 is 1.55 bits per heavy atom. The minimum atomic E-state index is 0.161. The summed E-state index contributed by atoms with van der Waals surface area (Å²) in [5, 5.41) is 0. The Bertz CT molecular complexity index is 510. The number of rotatable bonds is 4. The molecule has 4 nitrogen and oxygen atoms in total. The maximum atomic E-state index is 12.4. The second-order valence-electron chi connectivity index (χ2n) is 6.03. The van der Waals surface area contributed by atoms with Crippen molar-refractivity contribution in [3.8, 4) is 0 Å². The molecule has 1 aliphatic rings. The van der Waals surface area contributed by atoms with E-state index in [1.807, 2.05) is 47.9 Å². The maximum Gasteiger partial charge on any atom is 0.227 e. The Hall–Kier alpha value is -1.84. The van der Waals surface area contributed by atoms with Gasteiger partial charge in [0.1, 0.15) is 0 Å². The molecular formula is C18H26N2O2. The molecule has 0 aliphatic carbocycles. The number of carbonyl (C=O) groups is 2. The van der Waals surface area contributed by atoms with Crippen LogP contribution in [0, 0.1) is 6.92 Å². The minimum absolute atomic E-state index is 0.161. The Labute approximate surface area is 133 Å². The number of amides is 2. The van der Waals surface area contributed by atoms with Crippen molar-refractivity contribution in [1.82, 2.24) is 9.80 Å². The molecule has 0 unspecified atom stereocenters. The van der Waals surface area contributed by atoms with Gasteiger partial charge in [-0.1, -0.05) is 36.8 Å². The molecule has 22 heavy (non-hydrogen) atoms. The van der Waals surface area contributed by atoms with Gasteiger partial charge in [-0.2, -0.15) is 0 Å². The van der Waals surface area contributed by atoms with Crippen LogP contribution in [0.1, 0.15) is 37.3 Å². The highest BCUT2D eigenvalue weighted by atomic mass is 16.2. The second-order valence-corrected chi connectivity index (χ2v) is 6.03. The molecule has 1 heterocycles. The van der Waals surface area contributed by atoms with Crippen LogP contribution >= 0.6 is 0 Å². The molecule has 0 saturated carbocycles. The fourth-order valence-corrected chi connectivity index (χ4v) is 2.78. The van der Waals surface area contributed by atoms with Gasteiger partial charge in [0.15, 0.2) is 0 Å². The highest BCUT2D eigenvalue weighted by Gasteiger charge is 2.21. The van der Waals surface area contributed by atoms with Gasteiger partial charge in [-0.3, -0.25) is 9.59 Å². The van der Waals surface area contributed by atoms with E-state index in [0.29, 0.717) is 25.9 Å². The molecular weight excluding hydrogens is 276 g/mol. The third kappa shape index (κ3) is 4.58. The van der Waals surface area contributed by atoms with Crippen molar-refractivity contribution in [1.29, 1.82) is 0 Å². The van der Waals surface area contributed by atoms with Gasteiger partial charge in [0.05, 0.1) is 6.42 Å². The van der Waals surface area contributed by atoms with Crippen LogP contribution in [0.3, 0.4) is 0 Å². The summed E-state index contributed by atoms with van der Waals surface area (Å²) in [4.78, 5) is 28.2. The zero-order valence-corrected chi connectivity index (χ0v) is 13.7. The number of hydrogen-bond acceptors (Lipinski definition) is 2. The first kappa shape index (κ1) is 16.5. The van der Waals surface area contributed by atoms with Crippen LogP contribution in [0.5, 0.6) is 0 Å². The summed E-state index contributed by atoms with van der Waals surface area (Å²) in [5.41, 5.74) is 2.26. The van der Waals surface area contributed by atoms with E-state index >= 15 is 0 Å². The van der Waals surface area contributed by atoms with E-state index in [1.165, 1.54) is 5.56 Å². The Kier molecular flexibility index (Phi) is 5.99. The molecule has 0 bridgehead atoms. The lowest BCUT2D eigenvalue weighted by Gasteiger charge is -2.22. The molecule has 0 aromatic heterocycles. The minimum Gasteiger partial charge on any atom is -0.341 e. The molecule has 1 fully saturated rings. The SMILES string of the molecule is CCCC(=O)N1CCCN(C(=O)Cc2ccc(C)cc2)CC1. The van der Waals surface area contributed by atoms with E-state index in [2.05, 4.69) is 0 Å². The van der Waals surface area contributed by atoms with Crippen LogP contribution < -0.4 is 0 Å². The zero-order chi connectivity index (χ0) is 15.9. The van der Waals surface area contributed by atoms with Crippen molar-refractivity contribution in [2.24, 2.45) is 0 Å². The Balaban J connectivity index is 1.88. The normalized spacial score (nSPS) is 15.5. The maximum absolute atomic E-state index is 12.4. The van der Waals surface area contributed by atoms with Crippen LogP contribution in [-0.4, -0.2) is 47.8 Å². The first-order chi connectivity index (χ1) is 10.6. The smallest absolute Gasteiger partial charge is 0.227 e. The molecule has 0 N–H and O–H groups in total. The van der Waals surface area contributed by atoms with E-state index in [4.69, 9.17) is 0 Å². The van der Waals surface area contributed by atoms with E-state index < -0.39 is 0 Å². The van der Waals surface area contributed by atoms with Gasteiger partial charge in [0, 0.05) is 32.6 Å². The average Bonchev–Trinajstić information content (AvgIpc) is 2.76. The highest BCUT2D eigenvalue weighted by Crippen LogP contribution is 2.10. The van der Waals surface area contributed by atoms with Crippen molar-refractivity contribution < 1.29 is 9.59 Å². The molecule has 4 heteroatoms. The quantitative estimate of drug-likeness (QED) is 0.857. The molecule has 1 saturated heterocycles. The van der Waals surface area contributed by atoms with Gasteiger partial charge >= 0.3 is 0 Å². The topological polar surface area (TPSA) is 40.6 Å². The summed E-state index contributed by atoms with van der Waals surface area (Å²) >= 11 is 0. The van der Waals surface area contributed by atoms with E-state index in [0.717, 1.165) is 31.5 Å². The monoisotopic (exact) mass is 302 g/mol. The third-order valence-corrected chi connectivity index (χ3v) is 4.14. The first-order valence-electron chi connectivity index (χ1n) is 8.21. The van der Waals surface area contributed by atoms with Crippen molar-refractivity contribution in [2.75, 3.05) is 26.2 Å². The Morgan fingerprint density at radius 3 is 2.14 bits per heavy atom. The molecule has 120 valence electrons. The van der Waals surface area contributed by atoms with Gasteiger partial charge in [-0.05, 0) is 25.3 Å². The van der Waals surface area contributed by atoms with Gasteiger partial charge in [-0.15, -0.1) is 0 Å². The van der Waals surface area contributed by atoms with E-state index in [1.54, 1.807) is 0 Å². The van der Waals surface area contributed by atoms with Crippen molar-refractivity contribution in [3.05, 3.63) is 35.4 Å². The summed E-state index contributed by atoms with van der Waals surface area (Å²) in [5.74, 6) is 0.379. The summed E-state index contributed by atoms with van der Waals surface area (Å²) in [6.07, 6.45) is 2.81. The van der Waals surface area contributed by atoms with Crippen LogP contribution in [-0.2, 0) is 16.0 Å². The van der Waals surface area contributed by atoms with Gasteiger partial charge in [-0.25, -0.2) is 0 Å². The molecule has 0 radical (unpaired) electrons. The summed E-state index contributed by atoms with van der Waals surface area (Å²) in [6, 6.07) is 8.11. The number of nitrogens with zero attached hydrogens (tertiary/aromatic N) is 2. The fourth-order valence-electron chi connectivity index (χ4n) is 2.78. The van der Waals surface area contributed by atoms with Gasteiger partial charge in [0.25, 0.3) is 0 Å². The molecule has 0 atom stereocenters. The molecule has 1 aromatic rings. The lowest BCUT2D eigenvalue weighted by atomic mass is 10.1. The molecule has 2 rings (SSSR count). The van der Waals surface area contributed by atoms with Crippen LogP contribution in [0.25, 0.3) is 0 Å². The number of benzene rings is 1. The van der Waals surface area contributed by atoms with Gasteiger partial charge in [0.2, 0.25) is 11.8 Å². The third-order valence-electron chi connectivity index (χ3n) is 4.14. The summed E-state index contributed by atoms with van der Waals surface area (Å²) < 4.78 is 0. The lowest BCUT2D eigenvalue weighted by molar-refractivity contribution is -0.133. The summed E-state index contributed by atoms with van der Waals surface area (Å²) in [6.45, 7) is 6.90. The molecule has 1 aliphatic heterocycles. The van der Waals surface area contributed by atoms with Crippen LogP contribution in [0.2, 0.25) is 0 Å². The molecule has 0 spiro atoms. The largest absolute Gasteiger partial charge is 0.341 e. The van der Waals surface area contributed by atoms with Crippen molar-refractivity contribution >= 4 is 11.8 Å². The van der Waals surface area contributed by atoms with Crippen LogP contribution in [0.15, 0.2) is 24.3 Å². The van der Waals surface area contributed by atoms with E-state index in [9.17, 15) is 9.59 Å². The molecule has 2 amide bonds. The predicted octanol–water partition coefficient (Wildman–Crippen LogP) is 2.40. The van der Waals surface area contributed by atoms with Crippen LogP contribution in [0.4, 0.5) is 0 Å². The fraction of sp³-hybridized carbons (Fsp3) is 0.556. The number of hydrogen-bond donors (Lipinski definition) is 0. The van der Waals surface area contributed by atoms with Crippen molar-refractivity contribution in [2.45, 2.75) is 39.5 Å². The second kappa shape index (κ2) is 7.97. The first-order valence-corrected chi connectivity index (χ1v) is 8.21. The zero-order valence-electron chi connectivity index (χ0n) is 13.7. The average molecular weight is 302 g/mol. The predicted molar refractivity (Wildman–Crippen MR) is 87.6 cm³/mol. The van der Waals surface area contributed by atoms with Gasteiger partial charge < -0.3 is 9.80 Å². The summed E-state index contributed by atoms with van der Waals surface area (Å²) in [7, 11) is 0. The number of carbonyl (C=O) groups excluding carboxylic acids is 2. The standard InChI is InChI=1S/C18H26N2O2/c1-3-5-17(21)19-10-4-11-20(13-12-19)18(22)14-16-8-6-15(2)7-9-16/h6-9H,3-5,10-14H2,1-2H3. The molecule has 1 aromatic carbocycles. The highest BCUT2D eigenvalue weighted by molar-refractivity contribution is 5.79. The lowest BCUT2D eigenvalue weighted by Crippen LogP contribution is -2.37. The van der Waals surface area contributed by atoms with E-state index in [-0.39, 0.29) is 11.8 Å².